The molecule has 0 spiro atoms. The number of benzene rings is 1. The Labute approximate surface area is 152 Å². The van der Waals surface area contributed by atoms with Gasteiger partial charge in [0.15, 0.2) is 0 Å². The van der Waals surface area contributed by atoms with Crippen molar-refractivity contribution in [1.29, 1.82) is 0 Å². The molecule has 2 aromatic rings. The van der Waals surface area contributed by atoms with Crippen LogP contribution in [-0.4, -0.2) is 35.3 Å². The van der Waals surface area contributed by atoms with E-state index in [1.807, 2.05) is 13.0 Å². The van der Waals surface area contributed by atoms with Crippen molar-refractivity contribution in [1.82, 2.24) is 9.88 Å². The number of nitrogens with one attached hydrogen (secondary N) is 1. The van der Waals surface area contributed by atoms with Crippen LogP contribution in [0.4, 0.5) is 10.2 Å². The van der Waals surface area contributed by atoms with E-state index in [4.69, 9.17) is 0 Å². The highest BCUT2D eigenvalue weighted by molar-refractivity contribution is 5.96. The molecule has 0 radical (unpaired) electrons. The average molecular weight is 355 g/mol. The summed E-state index contributed by atoms with van der Waals surface area (Å²) in [6, 6.07) is 9.69. The lowest BCUT2D eigenvalue weighted by Crippen LogP contribution is -2.51. The van der Waals surface area contributed by atoms with Gasteiger partial charge in [0.2, 0.25) is 11.8 Å². The molecule has 136 valence electrons. The summed E-state index contributed by atoms with van der Waals surface area (Å²) in [6.45, 7) is 1.85. The highest BCUT2D eigenvalue weighted by Crippen LogP contribution is 2.45. The Morgan fingerprint density at radius 3 is 2.50 bits per heavy atom. The first kappa shape index (κ1) is 18.0. The Morgan fingerprint density at radius 2 is 1.92 bits per heavy atom. The number of pyridine rings is 1. The van der Waals surface area contributed by atoms with E-state index < -0.39 is 5.41 Å². The minimum atomic E-state index is -0.648. The topological polar surface area (TPSA) is 62.3 Å². The van der Waals surface area contributed by atoms with Crippen LogP contribution in [0.5, 0.6) is 0 Å². The van der Waals surface area contributed by atoms with E-state index in [0.717, 1.165) is 17.5 Å². The van der Waals surface area contributed by atoms with Crippen molar-refractivity contribution in [2.45, 2.75) is 31.6 Å². The number of anilines is 1. The molecule has 26 heavy (non-hydrogen) atoms. The Morgan fingerprint density at radius 1 is 1.23 bits per heavy atom. The van der Waals surface area contributed by atoms with Gasteiger partial charge in [-0.25, -0.2) is 9.37 Å². The minimum Gasteiger partial charge on any atom is -0.336 e. The molecule has 1 heterocycles. The van der Waals surface area contributed by atoms with E-state index in [2.05, 4.69) is 10.3 Å². The van der Waals surface area contributed by atoms with Crippen LogP contribution < -0.4 is 5.32 Å². The number of rotatable bonds is 5. The molecule has 1 aromatic heterocycles. The summed E-state index contributed by atoms with van der Waals surface area (Å²) in [6.07, 6.45) is 3.99. The molecule has 1 aliphatic carbocycles. The summed E-state index contributed by atoms with van der Waals surface area (Å²) in [5.74, 6) is -0.267. The van der Waals surface area contributed by atoms with E-state index in [1.54, 1.807) is 31.4 Å². The highest BCUT2D eigenvalue weighted by Gasteiger charge is 2.47. The van der Waals surface area contributed by atoms with Gasteiger partial charge in [-0.05, 0) is 55.2 Å². The quantitative estimate of drug-likeness (QED) is 0.897. The predicted molar refractivity (Wildman–Crippen MR) is 97.2 cm³/mol. The van der Waals surface area contributed by atoms with Crippen LogP contribution >= 0.6 is 0 Å². The smallest absolute Gasteiger partial charge is 0.245 e. The number of aromatic nitrogens is 1. The Balaban J connectivity index is 1.68. The molecule has 1 N–H and O–H groups in total. The summed E-state index contributed by atoms with van der Waals surface area (Å²) in [4.78, 5) is 30.8. The molecule has 2 amide bonds. The van der Waals surface area contributed by atoms with E-state index >= 15 is 0 Å². The van der Waals surface area contributed by atoms with Crippen LogP contribution in [0.3, 0.4) is 0 Å². The van der Waals surface area contributed by atoms with Gasteiger partial charge in [0.1, 0.15) is 11.6 Å². The van der Waals surface area contributed by atoms with E-state index in [1.165, 1.54) is 17.0 Å². The summed E-state index contributed by atoms with van der Waals surface area (Å²) in [5, 5.41) is 2.71. The predicted octanol–water partition coefficient (Wildman–Crippen LogP) is 3.05. The fourth-order valence-corrected chi connectivity index (χ4v) is 3.36. The molecule has 6 heteroatoms. The molecule has 0 saturated heterocycles. The number of likely N-dealkylation sites (N-methyl/N-ethyl adjacent to an activating group) is 1. The summed E-state index contributed by atoms with van der Waals surface area (Å²) in [7, 11) is 1.62. The van der Waals surface area contributed by atoms with Crippen molar-refractivity contribution in [3.8, 4) is 0 Å². The van der Waals surface area contributed by atoms with Crippen LogP contribution in [0.2, 0.25) is 0 Å². The molecule has 0 atom stereocenters. The van der Waals surface area contributed by atoms with Crippen LogP contribution in [0, 0.1) is 12.7 Å². The second-order valence-electron chi connectivity index (χ2n) is 6.87. The second-order valence-corrected chi connectivity index (χ2v) is 6.87. The first-order chi connectivity index (χ1) is 12.4. The molecule has 1 fully saturated rings. The maximum atomic E-state index is 13.2. The number of carbonyl (C=O) groups is 2. The zero-order valence-corrected chi connectivity index (χ0v) is 15.0. The maximum Gasteiger partial charge on any atom is 0.245 e. The van der Waals surface area contributed by atoms with Crippen molar-refractivity contribution in [3.63, 3.8) is 0 Å². The third-order valence-electron chi connectivity index (χ3n) is 4.92. The molecule has 0 aliphatic heterocycles. The maximum absolute atomic E-state index is 13.2. The molecule has 0 bridgehead atoms. The van der Waals surface area contributed by atoms with Crippen molar-refractivity contribution in [3.05, 3.63) is 59.5 Å². The number of carbonyl (C=O) groups excluding carboxylic acids is 2. The first-order valence-electron chi connectivity index (χ1n) is 8.65. The molecular formula is C20H22FN3O2. The summed E-state index contributed by atoms with van der Waals surface area (Å²) in [5.41, 5.74) is 1.15. The lowest BCUT2D eigenvalue weighted by atomic mass is 9.63. The van der Waals surface area contributed by atoms with Crippen LogP contribution in [0.15, 0.2) is 42.6 Å². The summed E-state index contributed by atoms with van der Waals surface area (Å²) >= 11 is 0. The van der Waals surface area contributed by atoms with Gasteiger partial charge < -0.3 is 10.2 Å². The zero-order valence-electron chi connectivity index (χ0n) is 15.0. The van der Waals surface area contributed by atoms with E-state index in [9.17, 15) is 14.0 Å². The van der Waals surface area contributed by atoms with Crippen LogP contribution in [-0.2, 0) is 15.0 Å². The highest BCUT2D eigenvalue weighted by atomic mass is 19.1. The van der Waals surface area contributed by atoms with Gasteiger partial charge in [-0.2, -0.15) is 0 Å². The SMILES string of the molecule is Cc1ccnc(NC(=O)CN(C)C(=O)C2(c3ccc(F)cc3)CCC2)c1. The Hall–Kier alpha value is -2.76. The fourth-order valence-electron chi connectivity index (χ4n) is 3.36. The number of hydrogen-bond donors (Lipinski definition) is 1. The third kappa shape index (κ3) is 3.59. The standard InChI is InChI=1S/C20H22FN3O2/c1-14-8-11-22-17(12-14)23-18(25)13-24(2)19(26)20(9-3-10-20)15-4-6-16(21)7-5-15/h4-8,11-12H,3,9-10,13H2,1-2H3,(H,22,23,25). The van der Waals surface area contributed by atoms with Crippen molar-refractivity contribution >= 4 is 17.6 Å². The Kier molecular flexibility index (Phi) is 5.02. The van der Waals surface area contributed by atoms with Crippen molar-refractivity contribution < 1.29 is 14.0 Å². The average Bonchev–Trinajstić information content (AvgIpc) is 2.55. The lowest BCUT2D eigenvalue weighted by Gasteiger charge is -2.43. The Bertz CT molecular complexity index is 816. The first-order valence-corrected chi connectivity index (χ1v) is 8.65. The summed E-state index contributed by atoms with van der Waals surface area (Å²) < 4.78 is 13.2. The molecule has 1 aromatic carbocycles. The van der Waals surface area contributed by atoms with Crippen LogP contribution in [0.25, 0.3) is 0 Å². The second kappa shape index (κ2) is 7.23. The third-order valence-corrected chi connectivity index (χ3v) is 4.92. The number of nitrogens with zero attached hydrogens (tertiary/aromatic N) is 2. The lowest BCUT2D eigenvalue weighted by molar-refractivity contribution is -0.141. The molecule has 0 unspecified atom stereocenters. The normalized spacial score (nSPS) is 15.0. The fraction of sp³-hybridized carbons (Fsp3) is 0.350. The van der Waals surface area contributed by atoms with Gasteiger partial charge in [-0.3, -0.25) is 9.59 Å². The number of halogens is 1. The largest absolute Gasteiger partial charge is 0.336 e. The van der Waals surface area contributed by atoms with E-state index in [-0.39, 0.29) is 24.2 Å². The van der Waals surface area contributed by atoms with Gasteiger partial charge in [0.05, 0.1) is 12.0 Å². The zero-order chi connectivity index (χ0) is 18.7. The van der Waals surface area contributed by atoms with Gasteiger partial charge in [-0.1, -0.05) is 18.6 Å². The molecule has 5 nitrogen and oxygen atoms in total. The minimum absolute atomic E-state index is 0.0581. The van der Waals surface area contributed by atoms with Crippen molar-refractivity contribution in [2.75, 3.05) is 18.9 Å². The van der Waals surface area contributed by atoms with Gasteiger partial charge in [0, 0.05) is 13.2 Å². The van der Waals surface area contributed by atoms with Gasteiger partial charge in [-0.15, -0.1) is 0 Å². The van der Waals surface area contributed by atoms with Gasteiger partial charge in [0.25, 0.3) is 0 Å². The molecular weight excluding hydrogens is 333 g/mol. The van der Waals surface area contributed by atoms with Gasteiger partial charge >= 0.3 is 0 Å². The number of amides is 2. The van der Waals surface area contributed by atoms with Crippen LogP contribution in [0.1, 0.15) is 30.4 Å². The molecule has 1 aliphatic rings. The molecule has 3 rings (SSSR count). The van der Waals surface area contributed by atoms with E-state index in [0.29, 0.717) is 18.7 Å². The monoisotopic (exact) mass is 355 g/mol. The van der Waals surface area contributed by atoms with Crippen molar-refractivity contribution in [2.24, 2.45) is 0 Å². The molecule has 1 saturated carbocycles. The number of hydrogen-bond acceptors (Lipinski definition) is 3. The number of aryl methyl sites for hydroxylation is 1.